The molecule has 3 heterocycles. The van der Waals surface area contributed by atoms with Gasteiger partial charge in [0, 0.05) is 36.0 Å². The van der Waals surface area contributed by atoms with Crippen molar-refractivity contribution in [2.75, 3.05) is 25.0 Å². The van der Waals surface area contributed by atoms with Gasteiger partial charge in [0.05, 0.1) is 21.3 Å². The number of nitrogens with one attached hydrogen (secondary N) is 1. The lowest BCUT2D eigenvalue weighted by atomic mass is 9.72. The summed E-state index contributed by atoms with van der Waals surface area (Å²) in [5.41, 5.74) is 3.19. The number of carbonyl (C=O) groups is 2. The maximum Gasteiger partial charge on any atom is 0.296 e. The minimum absolute atomic E-state index is 0.139. The number of piperidine rings is 1. The van der Waals surface area contributed by atoms with Crippen molar-refractivity contribution in [3.05, 3.63) is 160 Å². The van der Waals surface area contributed by atoms with E-state index in [0.29, 0.717) is 24.3 Å². The first-order valence-electron chi connectivity index (χ1n) is 19.3. The van der Waals surface area contributed by atoms with Crippen LogP contribution in [-0.2, 0) is 23.5 Å². The standard InChI is InChI=1S/C46H46Cl2N4O4/c47-40-29-49-30-41(48)43(40)50-45(54)44(53)39-31-52(42-21-20-37(28-38(39)42)56-32-33-14-6-3-7-15-33)25-13-2-1-12-24-51-26-22-36(23-27-51)46(55,34-16-8-4-9-17-34)35-18-10-5-11-19-35/h3-11,14-21,28-31,36,55H,1-2,12-13,22-27,32H2,(H,49,50,54). The average molecular weight is 790 g/mol. The molecule has 10 heteroatoms. The van der Waals surface area contributed by atoms with E-state index in [0.717, 1.165) is 80.4 Å². The van der Waals surface area contributed by atoms with Crippen molar-refractivity contribution in [2.24, 2.45) is 5.92 Å². The number of anilines is 1. The molecule has 6 aromatic rings. The normalized spacial score (nSPS) is 13.8. The second kappa shape index (κ2) is 18.3. The Morgan fingerprint density at radius 2 is 1.38 bits per heavy atom. The highest BCUT2D eigenvalue weighted by Gasteiger charge is 2.41. The topological polar surface area (TPSA) is 96.7 Å². The van der Waals surface area contributed by atoms with Crippen LogP contribution in [0.15, 0.2) is 128 Å². The Morgan fingerprint density at radius 1 is 0.786 bits per heavy atom. The number of aromatic nitrogens is 2. The molecule has 4 aromatic carbocycles. The first kappa shape index (κ1) is 39.3. The van der Waals surface area contributed by atoms with Gasteiger partial charge in [0.15, 0.2) is 0 Å². The second-order valence-electron chi connectivity index (χ2n) is 14.5. The van der Waals surface area contributed by atoms with Crippen molar-refractivity contribution in [3.8, 4) is 5.75 Å². The molecule has 1 amide bonds. The number of aliphatic hydroxyl groups is 1. The number of hydrogen-bond acceptors (Lipinski definition) is 6. The van der Waals surface area contributed by atoms with E-state index in [4.69, 9.17) is 27.9 Å². The summed E-state index contributed by atoms with van der Waals surface area (Å²) in [6, 6.07) is 35.7. The molecule has 56 heavy (non-hydrogen) atoms. The minimum atomic E-state index is -1.01. The predicted octanol–water partition coefficient (Wildman–Crippen LogP) is 9.95. The predicted molar refractivity (Wildman–Crippen MR) is 223 cm³/mol. The number of benzene rings is 4. The van der Waals surface area contributed by atoms with E-state index >= 15 is 0 Å². The molecular weight excluding hydrogens is 743 g/mol. The lowest BCUT2D eigenvalue weighted by molar-refractivity contribution is -0.112. The zero-order valence-corrected chi connectivity index (χ0v) is 32.8. The van der Waals surface area contributed by atoms with E-state index in [2.05, 4.69) is 19.8 Å². The largest absolute Gasteiger partial charge is 0.489 e. The van der Waals surface area contributed by atoms with Gasteiger partial charge in [-0.05, 0) is 86.1 Å². The summed E-state index contributed by atoms with van der Waals surface area (Å²) in [7, 11) is 0. The number of fused-ring (bicyclic) bond motifs is 1. The van der Waals surface area contributed by atoms with Gasteiger partial charge in [-0.3, -0.25) is 14.6 Å². The smallest absolute Gasteiger partial charge is 0.296 e. The Kier molecular flexibility index (Phi) is 12.8. The van der Waals surface area contributed by atoms with E-state index in [9.17, 15) is 14.7 Å². The number of likely N-dealkylation sites (tertiary alicyclic amines) is 1. The fourth-order valence-electron chi connectivity index (χ4n) is 7.86. The van der Waals surface area contributed by atoms with Crippen molar-refractivity contribution >= 4 is 51.5 Å². The summed E-state index contributed by atoms with van der Waals surface area (Å²) in [6.07, 6.45) is 10.5. The van der Waals surface area contributed by atoms with Gasteiger partial charge >= 0.3 is 0 Å². The number of halogens is 2. The molecule has 0 spiro atoms. The van der Waals surface area contributed by atoms with Crippen LogP contribution in [0.5, 0.6) is 5.75 Å². The molecule has 2 N–H and O–H groups in total. The molecular formula is C46H46Cl2N4O4. The van der Waals surface area contributed by atoms with Gasteiger partial charge in [-0.2, -0.15) is 0 Å². The Balaban J connectivity index is 0.956. The van der Waals surface area contributed by atoms with Crippen LogP contribution in [0, 0.1) is 5.92 Å². The van der Waals surface area contributed by atoms with Gasteiger partial charge in [0.2, 0.25) is 0 Å². The summed E-state index contributed by atoms with van der Waals surface area (Å²) in [4.78, 5) is 33.4. The van der Waals surface area contributed by atoms with Crippen molar-refractivity contribution in [3.63, 3.8) is 0 Å². The van der Waals surface area contributed by atoms with Gasteiger partial charge in [-0.15, -0.1) is 0 Å². The first-order valence-corrected chi connectivity index (χ1v) is 20.1. The first-order chi connectivity index (χ1) is 27.3. The highest BCUT2D eigenvalue weighted by atomic mass is 35.5. The lowest BCUT2D eigenvalue weighted by Crippen LogP contribution is -2.44. The molecule has 1 aliphatic heterocycles. The Labute approximate surface area is 338 Å². The minimum Gasteiger partial charge on any atom is -0.489 e. The lowest BCUT2D eigenvalue weighted by Gasteiger charge is -2.42. The highest BCUT2D eigenvalue weighted by molar-refractivity contribution is 6.50. The van der Waals surface area contributed by atoms with E-state index in [1.54, 1.807) is 6.20 Å². The van der Waals surface area contributed by atoms with E-state index in [-0.39, 0.29) is 27.2 Å². The molecule has 1 fully saturated rings. The SMILES string of the molecule is O=C(Nc1c(Cl)cncc1Cl)C(=O)c1cn(CCCCCCN2CCC(C(O)(c3ccccc3)c3ccccc3)CC2)c2ccc(OCc3ccccc3)cc12. The fourth-order valence-corrected chi connectivity index (χ4v) is 8.32. The van der Waals surface area contributed by atoms with E-state index in [1.165, 1.54) is 12.4 Å². The molecule has 288 valence electrons. The van der Waals surface area contributed by atoms with Gasteiger partial charge in [0.1, 0.15) is 18.0 Å². The number of amides is 1. The van der Waals surface area contributed by atoms with Crippen molar-refractivity contribution < 1.29 is 19.4 Å². The van der Waals surface area contributed by atoms with Crippen LogP contribution in [0.25, 0.3) is 10.9 Å². The Morgan fingerprint density at radius 3 is 2.00 bits per heavy atom. The van der Waals surface area contributed by atoms with Gasteiger partial charge in [-0.25, -0.2) is 0 Å². The highest BCUT2D eigenvalue weighted by Crippen LogP contribution is 2.42. The number of ether oxygens (including phenoxy) is 1. The zero-order valence-electron chi connectivity index (χ0n) is 31.2. The molecule has 1 aliphatic rings. The van der Waals surface area contributed by atoms with E-state index < -0.39 is 17.3 Å². The van der Waals surface area contributed by atoms with Crippen LogP contribution in [0.1, 0.15) is 65.6 Å². The summed E-state index contributed by atoms with van der Waals surface area (Å²) < 4.78 is 8.14. The number of aryl methyl sites for hydroxylation is 1. The molecule has 8 nitrogen and oxygen atoms in total. The third kappa shape index (κ3) is 9.00. The van der Waals surface area contributed by atoms with Gasteiger partial charge < -0.3 is 24.6 Å². The summed E-state index contributed by atoms with van der Waals surface area (Å²) in [5, 5.41) is 15.7. The van der Waals surface area contributed by atoms with E-state index in [1.807, 2.05) is 109 Å². The third-order valence-corrected chi connectivity index (χ3v) is 11.4. The molecule has 0 bridgehead atoms. The van der Waals surface area contributed by atoms with Crippen LogP contribution in [0.3, 0.4) is 0 Å². The third-order valence-electron chi connectivity index (χ3n) is 10.9. The van der Waals surface area contributed by atoms with Crippen LogP contribution < -0.4 is 10.1 Å². The van der Waals surface area contributed by atoms with Crippen molar-refractivity contribution in [1.82, 2.24) is 14.5 Å². The summed E-state index contributed by atoms with van der Waals surface area (Å²) in [6.45, 7) is 4.02. The number of unbranched alkanes of at least 4 members (excludes halogenated alkanes) is 3. The number of Topliss-reactive ketones (excluding diaryl/α,β-unsaturated/α-hetero) is 1. The molecule has 0 unspecified atom stereocenters. The molecule has 1 saturated heterocycles. The number of rotatable bonds is 16. The molecule has 0 atom stereocenters. The number of carbonyl (C=O) groups excluding carboxylic acids is 2. The maximum atomic E-state index is 13.7. The van der Waals surface area contributed by atoms with Crippen LogP contribution in [0.2, 0.25) is 10.0 Å². The Bertz CT molecular complexity index is 2180. The number of nitrogens with zero attached hydrogens (tertiary/aromatic N) is 3. The quantitative estimate of drug-likeness (QED) is 0.0576. The van der Waals surface area contributed by atoms with Gasteiger partial charge in [-0.1, -0.05) is 127 Å². The van der Waals surface area contributed by atoms with Crippen molar-refractivity contribution in [2.45, 2.75) is 57.3 Å². The molecule has 7 rings (SSSR count). The summed E-state index contributed by atoms with van der Waals surface area (Å²) in [5.74, 6) is -0.806. The van der Waals surface area contributed by atoms with Crippen LogP contribution in [0.4, 0.5) is 5.69 Å². The van der Waals surface area contributed by atoms with Crippen molar-refractivity contribution in [1.29, 1.82) is 0 Å². The number of pyridine rings is 1. The maximum absolute atomic E-state index is 13.7. The van der Waals surface area contributed by atoms with Gasteiger partial charge in [0.25, 0.3) is 11.7 Å². The molecule has 0 saturated carbocycles. The summed E-state index contributed by atoms with van der Waals surface area (Å²) >= 11 is 12.5. The number of hydrogen-bond donors (Lipinski definition) is 2. The van der Waals surface area contributed by atoms with Crippen LogP contribution >= 0.6 is 23.2 Å². The molecule has 2 aromatic heterocycles. The molecule has 0 aliphatic carbocycles. The second-order valence-corrected chi connectivity index (χ2v) is 15.3. The average Bonchev–Trinajstić information content (AvgIpc) is 3.60. The number of ketones is 1. The van der Waals surface area contributed by atoms with Crippen LogP contribution in [-0.4, -0.2) is 50.9 Å². The Hall–Kier alpha value is -4.99. The zero-order chi connectivity index (χ0) is 38.9. The monoisotopic (exact) mass is 788 g/mol. The molecule has 0 radical (unpaired) electrons. The fraction of sp³-hybridized carbons (Fsp3) is 0.283.